The number of rotatable bonds is 33. The van der Waals surface area contributed by atoms with Gasteiger partial charge in [-0.3, -0.25) is 23.9 Å². The molecule has 5 rings (SSSR count). The van der Waals surface area contributed by atoms with Crippen LogP contribution in [0.25, 0.3) is 10.4 Å². The van der Waals surface area contributed by atoms with Gasteiger partial charge in [0.05, 0.1) is 47.3 Å². The van der Waals surface area contributed by atoms with Crippen LogP contribution in [0.5, 0.6) is 11.5 Å². The molecule has 4 aromatic rings. The van der Waals surface area contributed by atoms with Gasteiger partial charge in [-0.1, -0.05) is 94.1 Å². The number of methoxy groups -OCH3 is 2. The Labute approximate surface area is 446 Å². The van der Waals surface area contributed by atoms with E-state index < -0.39 is 80.6 Å². The predicted molar refractivity (Wildman–Crippen MR) is 287 cm³/mol. The molecule has 5 atom stereocenters. The highest BCUT2D eigenvalue weighted by Gasteiger charge is 2.54. The second-order valence-electron chi connectivity index (χ2n) is 17.8. The third kappa shape index (κ3) is 16.0. The molecule has 3 aromatic carbocycles. The number of azide groups is 1. The summed E-state index contributed by atoms with van der Waals surface area (Å²) in [5.41, 5.74) is 5.42. The summed E-state index contributed by atoms with van der Waals surface area (Å²) in [6, 6.07) is 24.6. The Morgan fingerprint density at radius 3 is 1.97 bits per heavy atom. The number of nitrogens with zero attached hydrogens (tertiary/aromatic N) is 5. The van der Waals surface area contributed by atoms with Gasteiger partial charge in [0.15, 0.2) is 12.4 Å². The maximum atomic E-state index is 17.7. The van der Waals surface area contributed by atoms with Gasteiger partial charge in [-0.05, 0) is 101 Å². The van der Waals surface area contributed by atoms with Crippen LogP contribution in [0.2, 0.25) is 0 Å². The number of carbonyl (C=O) groups excluding carboxylic acids is 2. The molecule has 0 saturated carbocycles. The number of aromatic amines is 1. The summed E-state index contributed by atoms with van der Waals surface area (Å²) in [4.78, 5) is 58.9. The second kappa shape index (κ2) is 30.7. The summed E-state index contributed by atoms with van der Waals surface area (Å²) in [6.45, 7) is 9.64. The van der Waals surface area contributed by atoms with Crippen LogP contribution in [0.15, 0.2) is 106 Å². The lowest BCUT2D eigenvalue weighted by Gasteiger charge is -2.40. The minimum absolute atomic E-state index is 0.0729. The number of alkyl halides is 1. The van der Waals surface area contributed by atoms with Crippen molar-refractivity contribution in [2.45, 2.75) is 110 Å². The third-order valence-electron chi connectivity index (χ3n) is 12.1. The first-order valence-corrected chi connectivity index (χ1v) is 28.5. The van der Waals surface area contributed by atoms with E-state index in [0.29, 0.717) is 34.7 Å². The molecule has 1 N–H and O–H groups in total. The Hall–Kier alpha value is -4.99. The molecule has 0 spiro atoms. The van der Waals surface area contributed by atoms with E-state index >= 15 is 4.39 Å². The van der Waals surface area contributed by atoms with Crippen LogP contribution in [0.3, 0.4) is 0 Å². The van der Waals surface area contributed by atoms with E-state index in [4.69, 9.17) is 47.7 Å². The van der Waals surface area contributed by atoms with E-state index in [9.17, 15) is 19.2 Å². The van der Waals surface area contributed by atoms with Crippen molar-refractivity contribution in [3.8, 4) is 11.5 Å². The first kappa shape index (κ1) is 60.9. The molecule has 19 nitrogen and oxygen atoms in total. The van der Waals surface area contributed by atoms with Gasteiger partial charge >= 0.3 is 17.6 Å². The first-order chi connectivity index (χ1) is 36.2. The summed E-state index contributed by atoms with van der Waals surface area (Å²) in [5.74, 6) is 0.242. The average Bonchev–Trinajstić information content (AvgIpc) is 3.71. The number of halogens is 1. The monoisotopic (exact) mass is 1100 g/mol. The Bertz CT molecular complexity index is 2470. The number of unbranched alkanes of at least 4 members (excludes halogenated alkanes) is 3. The van der Waals surface area contributed by atoms with Crippen molar-refractivity contribution in [3.05, 3.63) is 139 Å². The maximum Gasteiger partial charge on any atom is 0.330 e. The number of carbonyl (C=O) groups is 2. The zero-order valence-electron chi connectivity index (χ0n) is 43.8. The van der Waals surface area contributed by atoms with Gasteiger partial charge in [0, 0.05) is 41.6 Å². The minimum Gasteiger partial charge on any atom is -0.497 e. The molecule has 0 aliphatic carbocycles. The van der Waals surface area contributed by atoms with Crippen LogP contribution in [0.1, 0.15) is 90.1 Å². The van der Waals surface area contributed by atoms with Crippen LogP contribution in [-0.2, 0) is 47.9 Å². The normalized spacial score (nSPS) is 17.2. The van der Waals surface area contributed by atoms with Crippen LogP contribution in [0.4, 0.5) is 4.39 Å². The fourth-order valence-corrected chi connectivity index (χ4v) is 12.1. The van der Waals surface area contributed by atoms with Crippen LogP contribution in [-0.4, -0.2) is 122 Å². The van der Waals surface area contributed by atoms with Crippen molar-refractivity contribution in [1.29, 1.82) is 0 Å². The van der Waals surface area contributed by atoms with Gasteiger partial charge in [0.2, 0.25) is 5.41 Å². The second-order valence-corrected chi connectivity index (χ2v) is 21.7. The van der Waals surface area contributed by atoms with Crippen LogP contribution >= 0.6 is 30.1 Å². The predicted octanol–water partition coefficient (Wildman–Crippen LogP) is 9.88. The number of hydrogen-bond acceptors (Lipinski definition) is 17. The number of esters is 2. The number of ether oxygens (including phenoxy) is 7. The molecule has 0 bridgehead atoms. The Morgan fingerprint density at radius 1 is 0.840 bits per heavy atom. The number of H-pyrrole nitrogens is 1. The quantitative estimate of drug-likeness (QED) is 0.00448. The van der Waals surface area contributed by atoms with E-state index in [2.05, 4.69) is 15.0 Å². The average molecular weight is 1100 g/mol. The van der Waals surface area contributed by atoms with E-state index in [1.54, 1.807) is 38.9 Å². The lowest BCUT2D eigenvalue weighted by atomic mass is 9.80. The summed E-state index contributed by atoms with van der Waals surface area (Å²) in [7, 11) is 3.69. The molecule has 1 fully saturated rings. The third-order valence-corrected chi connectivity index (χ3v) is 16.4. The summed E-state index contributed by atoms with van der Waals surface area (Å²) >= 11 is 0. The number of hydrogen-bond donors (Lipinski definition) is 1. The summed E-state index contributed by atoms with van der Waals surface area (Å²) in [6.07, 6.45) is -1.75. The van der Waals surface area contributed by atoms with Gasteiger partial charge < -0.3 is 42.2 Å². The number of aromatic nitrogens is 2. The van der Waals surface area contributed by atoms with Crippen molar-refractivity contribution < 1.29 is 56.2 Å². The van der Waals surface area contributed by atoms with E-state index in [-0.39, 0.29) is 37.8 Å². The smallest absolute Gasteiger partial charge is 0.330 e. The molecule has 75 heavy (non-hydrogen) atoms. The molecular weight excluding hydrogens is 1030 g/mol. The van der Waals surface area contributed by atoms with Crippen LogP contribution in [0, 0.1) is 5.41 Å². The summed E-state index contributed by atoms with van der Waals surface area (Å²) in [5, 5.41) is 3.57. The van der Waals surface area contributed by atoms with Crippen molar-refractivity contribution >= 4 is 42.1 Å². The maximum absolute atomic E-state index is 17.7. The molecular formula is C52H70FN6O13PS2. The van der Waals surface area contributed by atoms with E-state index in [1.807, 2.05) is 111 Å². The Kier molecular flexibility index (Phi) is 24.9. The SMILES string of the molecule is CCOC(=O)C(COCSSCCCCCCN=[N+]=[N-])(COP(O[C@H]1[C@@H](F)[C@H](n2ccc(=O)[nH]c2=O)O[C@@H]1COC(c1ccccc1)(c1ccc(OC)cc1)c1ccc(OC)cc1)N(C(C)C)C(C)C)C(=O)OCC. The molecule has 1 aliphatic rings. The zero-order valence-corrected chi connectivity index (χ0v) is 46.3. The molecule has 1 saturated heterocycles. The molecule has 0 radical (unpaired) electrons. The van der Waals surface area contributed by atoms with Crippen molar-refractivity contribution in [2.75, 3.05) is 65.5 Å². The highest BCUT2D eigenvalue weighted by atomic mass is 33.1. The largest absolute Gasteiger partial charge is 0.497 e. The fourth-order valence-electron chi connectivity index (χ4n) is 8.47. The summed E-state index contributed by atoms with van der Waals surface area (Å²) < 4.78 is 75.9. The topological polar surface area (TPSA) is 224 Å². The molecule has 410 valence electrons. The first-order valence-electron chi connectivity index (χ1n) is 24.9. The Morgan fingerprint density at radius 2 is 1.43 bits per heavy atom. The number of nitrogens with one attached hydrogen (secondary N) is 1. The van der Waals surface area contributed by atoms with Gasteiger partial charge in [0.1, 0.15) is 35.2 Å². The molecule has 1 aliphatic heterocycles. The van der Waals surface area contributed by atoms with Gasteiger partial charge in [0.25, 0.3) is 14.1 Å². The minimum atomic E-state index is -2.44. The Balaban J connectivity index is 1.54. The van der Waals surface area contributed by atoms with E-state index in [0.717, 1.165) is 48.3 Å². The molecule has 1 unspecified atom stereocenters. The van der Waals surface area contributed by atoms with Gasteiger partial charge in [-0.15, -0.1) is 0 Å². The van der Waals surface area contributed by atoms with Crippen molar-refractivity contribution in [1.82, 2.24) is 14.2 Å². The van der Waals surface area contributed by atoms with Gasteiger partial charge in [-0.2, -0.15) is 0 Å². The van der Waals surface area contributed by atoms with E-state index in [1.165, 1.54) is 10.8 Å². The lowest BCUT2D eigenvalue weighted by molar-refractivity contribution is -0.179. The lowest BCUT2D eigenvalue weighted by Crippen LogP contribution is -2.50. The molecule has 1 aromatic heterocycles. The fraction of sp³-hybridized carbons (Fsp3) is 0.538. The van der Waals surface area contributed by atoms with Crippen molar-refractivity contribution in [3.63, 3.8) is 0 Å². The standard InChI is InChI=1S/C52H70FN6O13PS2/c1-9-67-48(61)51(49(62)68-10-2,33-66-35-75-74-31-17-12-11-16-29-55-57-54)34-70-73(59(36(3)4)37(5)6)72-46-43(71-47(45(46)53)58-30-28-44(60)56-50(58)63)32-69-52(38-18-14-13-15-19-38,39-20-24-41(64-7)25-21-39)40-22-26-42(65-8)27-23-40/h13-15,18-28,30,36-37,43,45-47H,9-12,16-17,29,31-35H2,1-8H3,(H,56,60,63)/t43-,45-,46-,47-,73?/m1/s1. The molecule has 0 amide bonds. The molecule has 23 heteroatoms. The highest BCUT2D eigenvalue weighted by Crippen LogP contribution is 2.52. The number of benzene rings is 3. The zero-order chi connectivity index (χ0) is 54.4. The molecule has 2 heterocycles. The van der Waals surface area contributed by atoms with Crippen molar-refractivity contribution in [2.24, 2.45) is 10.5 Å². The van der Waals surface area contributed by atoms with Crippen LogP contribution < -0.4 is 20.7 Å². The highest BCUT2D eigenvalue weighted by molar-refractivity contribution is 8.76. The van der Waals surface area contributed by atoms with Gasteiger partial charge in [-0.25, -0.2) is 13.9 Å².